The summed E-state index contributed by atoms with van der Waals surface area (Å²) in [6, 6.07) is 13.7. The molecule has 2 rings (SSSR count). The molecule has 0 spiro atoms. The molecule has 0 aliphatic carbocycles. The van der Waals surface area contributed by atoms with Crippen molar-refractivity contribution in [2.75, 3.05) is 12.4 Å². The second-order valence-electron chi connectivity index (χ2n) is 4.32. The number of hydrogen-bond donors (Lipinski definition) is 1. The molecule has 0 saturated carbocycles. The van der Waals surface area contributed by atoms with E-state index in [-0.39, 0.29) is 11.3 Å². The topological polar surface area (TPSA) is 81.5 Å². The molecule has 21 heavy (non-hydrogen) atoms. The van der Waals surface area contributed by atoms with Crippen LogP contribution < -0.4 is 5.32 Å². The van der Waals surface area contributed by atoms with Crippen LogP contribution in [0.4, 0.5) is 11.4 Å². The average Bonchev–Trinajstić information content (AvgIpc) is 2.52. The molecule has 2 aromatic rings. The highest BCUT2D eigenvalue weighted by molar-refractivity contribution is 5.96. The first-order valence-corrected chi connectivity index (χ1v) is 6.26. The first kappa shape index (κ1) is 14.5. The van der Waals surface area contributed by atoms with Crippen LogP contribution in [0.2, 0.25) is 0 Å². The lowest BCUT2D eigenvalue weighted by Gasteiger charge is -2.10. The number of esters is 1. The van der Waals surface area contributed by atoms with Crippen molar-refractivity contribution in [2.45, 2.75) is 6.54 Å². The largest absolute Gasteiger partial charge is 0.465 e. The van der Waals surface area contributed by atoms with E-state index >= 15 is 0 Å². The Morgan fingerprint density at radius 2 is 1.95 bits per heavy atom. The van der Waals surface area contributed by atoms with Gasteiger partial charge < -0.3 is 10.1 Å². The first-order valence-electron chi connectivity index (χ1n) is 6.26. The maximum atomic E-state index is 11.7. The Kier molecular flexibility index (Phi) is 4.50. The number of non-ortho nitro benzene ring substituents is 1. The lowest BCUT2D eigenvalue weighted by atomic mass is 10.1. The predicted octanol–water partition coefficient (Wildman–Crippen LogP) is 2.99. The van der Waals surface area contributed by atoms with Crippen LogP contribution in [0.1, 0.15) is 15.9 Å². The number of nitrogens with one attached hydrogen (secondary N) is 1. The molecule has 0 aliphatic rings. The predicted molar refractivity (Wildman–Crippen MR) is 78.2 cm³/mol. The third-order valence-corrected chi connectivity index (χ3v) is 2.95. The zero-order chi connectivity index (χ0) is 15.2. The summed E-state index contributed by atoms with van der Waals surface area (Å²) in [7, 11) is 1.24. The van der Waals surface area contributed by atoms with Crippen molar-refractivity contribution in [2.24, 2.45) is 0 Å². The molecule has 0 fully saturated rings. The number of nitro groups is 1. The van der Waals surface area contributed by atoms with Gasteiger partial charge in [-0.25, -0.2) is 4.79 Å². The normalized spacial score (nSPS) is 9.95. The molecule has 1 N–H and O–H groups in total. The zero-order valence-electron chi connectivity index (χ0n) is 11.4. The maximum Gasteiger partial charge on any atom is 0.340 e. The van der Waals surface area contributed by atoms with E-state index in [1.165, 1.54) is 25.3 Å². The molecule has 0 unspecified atom stereocenters. The highest BCUT2D eigenvalue weighted by Crippen LogP contribution is 2.23. The summed E-state index contributed by atoms with van der Waals surface area (Å²) < 4.78 is 4.66. The van der Waals surface area contributed by atoms with Crippen molar-refractivity contribution >= 4 is 17.3 Å². The van der Waals surface area contributed by atoms with Crippen molar-refractivity contribution in [3.63, 3.8) is 0 Å². The smallest absolute Gasteiger partial charge is 0.340 e. The van der Waals surface area contributed by atoms with Gasteiger partial charge >= 0.3 is 5.97 Å². The number of ether oxygens (including phenoxy) is 1. The molecule has 108 valence electrons. The average molecular weight is 286 g/mol. The van der Waals surface area contributed by atoms with Gasteiger partial charge in [0, 0.05) is 24.4 Å². The summed E-state index contributed by atoms with van der Waals surface area (Å²) in [6.07, 6.45) is 0. The fraction of sp³-hybridized carbons (Fsp3) is 0.133. The third kappa shape index (κ3) is 3.56. The van der Waals surface area contributed by atoms with Gasteiger partial charge in [-0.15, -0.1) is 0 Å². The number of anilines is 1. The van der Waals surface area contributed by atoms with E-state index in [1.54, 1.807) is 0 Å². The molecule has 2 aromatic carbocycles. The molecule has 0 bridgehead atoms. The van der Waals surface area contributed by atoms with Gasteiger partial charge in [-0.1, -0.05) is 30.3 Å². The Hall–Kier alpha value is -2.89. The van der Waals surface area contributed by atoms with Crippen molar-refractivity contribution in [1.29, 1.82) is 0 Å². The second kappa shape index (κ2) is 6.51. The number of nitro benzene ring substituents is 1. The minimum absolute atomic E-state index is 0.141. The summed E-state index contributed by atoms with van der Waals surface area (Å²) in [5.41, 5.74) is 1.52. The first-order chi connectivity index (χ1) is 10.1. The number of carbonyl (C=O) groups excluding carboxylic acids is 1. The van der Waals surface area contributed by atoms with Gasteiger partial charge in [-0.05, 0) is 11.6 Å². The van der Waals surface area contributed by atoms with Crippen molar-refractivity contribution in [3.05, 3.63) is 69.8 Å². The van der Waals surface area contributed by atoms with Gasteiger partial charge in [-0.2, -0.15) is 0 Å². The second-order valence-corrected chi connectivity index (χ2v) is 4.32. The number of carbonyl (C=O) groups is 1. The Bertz CT molecular complexity index is 656. The highest BCUT2D eigenvalue weighted by atomic mass is 16.6. The molecule has 0 amide bonds. The molecule has 6 nitrogen and oxygen atoms in total. The van der Waals surface area contributed by atoms with Crippen LogP contribution in [-0.4, -0.2) is 18.0 Å². The van der Waals surface area contributed by atoms with Crippen LogP contribution in [0.15, 0.2) is 48.5 Å². The monoisotopic (exact) mass is 286 g/mol. The van der Waals surface area contributed by atoms with Crippen molar-refractivity contribution in [3.8, 4) is 0 Å². The van der Waals surface area contributed by atoms with Gasteiger partial charge in [0.25, 0.3) is 5.69 Å². The number of rotatable bonds is 5. The van der Waals surface area contributed by atoms with Crippen molar-refractivity contribution < 1.29 is 14.5 Å². The van der Waals surface area contributed by atoms with Crippen LogP contribution in [-0.2, 0) is 11.3 Å². The molecule has 6 heteroatoms. The van der Waals surface area contributed by atoms with Gasteiger partial charge in [0.15, 0.2) is 0 Å². The Morgan fingerprint density at radius 3 is 2.57 bits per heavy atom. The SMILES string of the molecule is COC(=O)c1cc([N+](=O)[O-])ccc1NCc1ccccc1. The van der Waals surface area contributed by atoms with E-state index in [4.69, 9.17) is 0 Å². The highest BCUT2D eigenvalue weighted by Gasteiger charge is 2.17. The Morgan fingerprint density at radius 1 is 1.24 bits per heavy atom. The van der Waals surface area contributed by atoms with E-state index in [2.05, 4.69) is 10.1 Å². The van der Waals surface area contributed by atoms with E-state index in [0.29, 0.717) is 12.2 Å². The Labute approximate surface area is 121 Å². The van der Waals surface area contributed by atoms with E-state index in [0.717, 1.165) is 5.56 Å². The summed E-state index contributed by atoms with van der Waals surface area (Å²) in [5, 5.41) is 13.9. The molecular formula is C15H14N2O4. The number of benzene rings is 2. The number of methoxy groups -OCH3 is 1. The third-order valence-electron chi connectivity index (χ3n) is 2.95. The van der Waals surface area contributed by atoms with E-state index in [1.807, 2.05) is 30.3 Å². The zero-order valence-corrected chi connectivity index (χ0v) is 11.4. The van der Waals surface area contributed by atoms with Gasteiger partial charge in [0.2, 0.25) is 0 Å². The quantitative estimate of drug-likeness (QED) is 0.519. The summed E-state index contributed by atoms with van der Waals surface area (Å²) in [6.45, 7) is 0.503. The van der Waals surface area contributed by atoms with Crippen LogP contribution in [0, 0.1) is 10.1 Å². The molecule has 0 atom stereocenters. The lowest BCUT2D eigenvalue weighted by Crippen LogP contribution is -2.09. The van der Waals surface area contributed by atoms with Gasteiger partial charge in [-0.3, -0.25) is 10.1 Å². The summed E-state index contributed by atoms with van der Waals surface area (Å²) in [5.74, 6) is -0.616. The molecule has 0 aliphatic heterocycles. The summed E-state index contributed by atoms with van der Waals surface area (Å²) in [4.78, 5) is 22.0. The molecule has 0 heterocycles. The molecule has 0 saturated heterocycles. The van der Waals surface area contributed by atoms with Crippen molar-refractivity contribution in [1.82, 2.24) is 0 Å². The maximum absolute atomic E-state index is 11.7. The minimum atomic E-state index is -0.616. The molecule has 0 aromatic heterocycles. The lowest BCUT2D eigenvalue weighted by molar-refractivity contribution is -0.384. The van der Waals surface area contributed by atoms with Gasteiger partial charge in [0.1, 0.15) is 0 Å². The van der Waals surface area contributed by atoms with Gasteiger partial charge in [0.05, 0.1) is 17.6 Å². The molecular weight excluding hydrogens is 272 g/mol. The number of hydrogen-bond acceptors (Lipinski definition) is 5. The fourth-order valence-electron chi connectivity index (χ4n) is 1.87. The van der Waals surface area contributed by atoms with Crippen LogP contribution >= 0.6 is 0 Å². The van der Waals surface area contributed by atoms with Crippen LogP contribution in [0.3, 0.4) is 0 Å². The summed E-state index contributed by atoms with van der Waals surface area (Å²) >= 11 is 0. The van der Waals surface area contributed by atoms with Crippen LogP contribution in [0.25, 0.3) is 0 Å². The standard InChI is InChI=1S/C15H14N2O4/c1-21-15(18)13-9-12(17(19)20)7-8-14(13)16-10-11-5-3-2-4-6-11/h2-9,16H,10H2,1H3. The number of nitrogens with zero attached hydrogens (tertiary/aromatic N) is 1. The fourth-order valence-corrected chi connectivity index (χ4v) is 1.87. The van der Waals surface area contributed by atoms with E-state index < -0.39 is 10.9 Å². The van der Waals surface area contributed by atoms with Crippen LogP contribution in [0.5, 0.6) is 0 Å². The Balaban J connectivity index is 2.25. The van der Waals surface area contributed by atoms with E-state index in [9.17, 15) is 14.9 Å². The minimum Gasteiger partial charge on any atom is -0.465 e. The molecule has 0 radical (unpaired) electrons.